The van der Waals surface area contributed by atoms with Crippen LogP contribution in [0.1, 0.15) is 59.3 Å². The van der Waals surface area contributed by atoms with Gasteiger partial charge in [-0.3, -0.25) is 4.84 Å². The fraction of sp³-hybridized carbons (Fsp3) is 0.857. The monoisotopic (exact) mass is 251 g/mol. The number of rotatable bonds is 10. The van der Waals surface area contributed by atoms with Gasteiger partial charge in [0.25, 0.3) is 0 Å². The summed E-state index contributed by atoms with van der Waals surface area (Å²) in [5.74, 6) is 0. The van der Waals surface area contributed by atoms with Gasteiger partial charge in [0.15, 0.2) is 0 Å². The molecule has 18 heavy (non-hydrogen) atoms. The quantitative estimate of drug-likeness (QED) is 0.558. The van der Waals surface area contributed by atoms with Gasteiger partial charge in [-0.2, -0.15) is 15.6 Å². The van der Waals surface area contributed by atoms with Crippen molar-refractivity contribution in [3.8, 4) is 12.1 Å². The third-order valence-corrected chi connectivity index (χ3v) is 2.85. The Balaban J connectivity index is 4.66. The zero-order valence-corrected chi connectivity index (χ0v) is 11.9. The first kappa shape index (κ1) is 16.9. The lowest BCUT2D eigenvalue weighted by molar-refractivity contribution is -0.189. The molecule has 0 saturated heterocycles. The van der Waals surface area contributed by atoms with Crippen molar-refractivity contribution in [1.29, 1.82) is 10.5 Å². The Hall–Kier alpha value is -1.10. The van der Waals surface area contributed by atoms with Gasteiger partial charge in [-0.05, 0) is 19.8 Å². The van der Waals surface area contributed by atoms with Crippen LogP contribution in [0.3, 0.4) is 0 Å². The average molecular weight is 251 g/mol. The van der Waals surface area contributed by atoms with Crippen LogP contribution < -0.4 is 0 Å². The van der Waals surface area contributed by atoms with Gasteiger partial charge in [0.2, 0.25) is 0 Å². The molecule has 0 aromatic carbocycles. The van der Waals surface area contributed by atoms with Gasteiger partial charge in [0.05, 0.1) is 18.7 Å². The highest BCUT2D eigenvalue weighted by molar-refractivity contribution is 4.98. The van der Waals surface area contributed by atoms with E-state index in [-0.39, 0.29) is 12.1 Å². The normalized spacial score (nSPS) is 13.9. The van der Waals surface area contributed by atoms with Crippen molar-refractivity contribution >= 4 is 0 Å². The minimum atomic E-state index is -0.314. The van der Waals surface area contributed by atoms with Gasteiger partial charge >= 0.3 is 0 Å². The van der Waals surface area contributed by atoms with Crippen molar-refractivity contribution in [2.75, 3.05) is 6.61 Å². The van der Waals surface area contributed by atoms with Crippen LogP contribution in [0.15, 0.2) is 0 Å². The first-order valence-electron chi connectivity index (χ1n) is 6.95. The van der Waals surface area contributed by atoms with Crippen LogP contribution in [0, 0.1) is 22.7 Å². The van der Waals surface area contributed by atoms with E-state index in [0.717, 1.165) is 38.5 Å². The summed E-state index contributed by atoms with van der Waals surface area (Å²) in [6.07, 6.45) is 5.57. The van der Waals surface area contributed by atoms with Crippen molar-refractivity contribution in [2.45, 2.75) is 71.4 Å². The van der Waals surface area contributed by atoms with E-state index >= 15 is 0 Å². The molecule has 0 N–H and O–H groups in total. The maximum Gasteiger partial charge on any atom is 0.123 e. The van der Waals surface area contributed by atoms with E-state index in [4.69, 9.17) is 4.84 Å². The molecule has 4 nitrogen and oxygen atoms in total. The summed E-state index contributed by atoms with van der Waals surface area (Å²) in [4.78, 5) is 5.53. The van der Waals surface area contributed by atoms with E-state index in [2.05, 4.69) is 26.0 Å². The van der Waals surface area contributed by atoms with Gasteiger partial charge < -0.3 is 0 Å². The Morgan fingerprint density at radius 1 is 0.944 bits per heavy atom. The molecule has 0 aromatic heterocycles. The van der Waals surface area contributed by atoms with Crippen molar-refractivity contribution in [3.05, 3.63) is 0 Å². The Morgan fingerprint density at radius 2 is 1.39 bits per heavy atom. The first-order valence-corrected chi connectivity index (χ1v) is 6.95. The number of hydrogen-bond acceptors (Lipinski definition) is 4. The van der Waals surface area contributed by atoms with Crippen molar-refractivity contribution in [1.82, 2.24) is 5.06 Å². The number of nitriles is 2. The van der Waals surface area contributed by atoms with E-state index in [1.165, 1.54) is 0 Å². The molecule has 0 aliphatic heterocycles. The molecule has 2 unspecified atom stereocenters. The van der Waals surface area contributed by atoms with Crippen LogP contribution in [0.5, 0.6) is 0 Å². The Bertz CT molecular complexity index is 254. The summed E-state index contributed by atoms with van der Waals surface area (Å²) in [7, 11) is 0. The molecule has 0 radical (unpaired) electrons. The van der Waals surface area contributed by atoms with E-state index in [1.54, 1.807) is 5.06 Å². The second-order valence-electron chi connectivity index (χ2n) is 4.35. The van der Waals surface area contributed by atoms with Crippen molar-refractivity contribution in [3.63, 3.8) is 0 Å². The highest BCUT2D eigenvalue weighted by atomic mass is 16.7. The third kappa shape index (κ3) is 6.00. The lowest BCUT2D eigenvalue weighted by atomic mass is 10.1. The summed E-state index contributed by atoms with van der Waals surface area (Å²) >= 11 is 0. The lowest BCUT2D eigenvalue weighted by Gasteiger charge is -2.29. The zero-order chi connectivity index (χ0) is 13.8. The lowest BCUT2D eigenvalue weighted by Crippen LogP contribution is -2.42. The molecular formula is C14H25N3O. The van der Waals surface area contributed by atoms with Crippen molar-refractivity contribution in [2.24, 2.45) is 0 Å². The predicted octanol–water partition coefficient (Wildman–Crippen LogP) is 3.40. The molecule has 0 fully saturated rings. The first-order chi connectivity index (χ1) is 8.74. The van der Waals surface area contributed by atoms with Gasteiger partial charge in [-0.1, -0.05) is 39.5 Å². The van der Waals surface area contributed by atoms with Crippen LogP contribution in [0.2, 0.25) is 0 Å². The molecule has 0 amide bonds. The second-order valence-corrected chi connectivity index (χ2v) is 4.35. The fourth-order valence-corrected chi connectivity index (χ4v) is 1.84. The molecule has 102 valence electrons. The fourth-order valence-electron chi connectivity index (χ4n) is 1.84. The summed E-state index contributed by atoms with van der Waals surface area (Å²) in [6.45, 7) is 6.57. The molecule has 2 atom stereocenters. The topological polar surface area (TPSA) is 60.1 Å². The summed E-state index contributed by atoms with van der Waals surface area (Å²) in [6, 6.07) is 3.90. The summed E-state index contributed by atoms with van der Waals surface area (Å²) in [5.41, 5.74) is 0. The molecule has 0 aliphatic rings. The second kappa shape index (κ2) is 11.0. The smallest absolute Gasteiger partial charge is 0.123 e. The Kier molecular flexibility index (Phi) is 10.3. The number of nitrogens with zero attached hydrogens (tertiary/aromatic N) is 3. The molecular weight excluding hydrogens is 226 g/mol. The van der Waals surface area contributed by atoms with E-state index in [9.17, 15) is 10.5 Å². The Labute approximate surface area is 111 Å². The SMILES string of the molecule is CCCCC(C#N)N(OCC)C(C#N)CCCC. The van der Waals surface area contributed by atoms with Crippen LogP contribution in [0.25, 0.3) is 0 Å². The molecule has 0 heterocycles. The van der Waals surface area contributed by atoms with Crippen LogP contribution in [0.4, 0.5) is 0 Å². The maximum absolute atomic E-state index is 9.24. The molecule has 0 saturated carbocycles. The zero-order valence-electron chi connectivity index (χ0n) is 11.9. The predicted molar refractivity (Wildman–Crippen MR) is 71.3 cm³/mol. The maximum atomic E-state index is 9.24. The standard InChI is InChI=1S/C14H25N3O/c1-4-7-9-13(11-15)17(18-6-3)14(12-16)10-8-5-2/h13-14H,4-10H2,1-3H3. The van der Waals surface area contributed by atoms with Crippen LogP contribution in [-0.4, -0.2) is 23.8 Å². The van der Waals surface area contributed by atoms with Gasteiger partial charge in [-0.15, -0.1) is 0 Å². The van der Waals surface area contributed by atoms with Gasteiger partial charge in [-0.25, -0.2) is 0 Å². The van der Waals surface area contributed by atoms with E-state index in [0.29, 0.717) is 6.61 Å². The highest BCUT2D eigenvalue weighted by Gasteiger charge is 2.26. The largest absolute Gasteiger partial charge is 0.297 e. The minimum absolute atomic E-state index is 0.314. The average Bonchev–Trinajstić information content (AvgIpc) is 2.40. The van der Waals surface area contributed by atoms with E-state index in [1.807, 2.05) is 6.92 Å². The molecule has 0 aliphatic carbocycles. The highest BCUT2D eigenvalue weighted by Crippen LogP contribution is 2.16. The van der Waals surface area contributed by atoms with Crippen LogP contribution >= 0.6 is 0 Å². The van der Waals surface area contributed by atoms with Gasteiger partial charge in [0, 0.05) is 0 Å². The minimum Gasteiger partial charge on any atom is -0.297 e. The molecule has 0 spiro atoms. The van der Waals surface area contributed by atoms with Crippen molar-refractivity contribution < 1.29 is 4.84 Å². The molecule has 4 heteroatoms. The number of hydrogen-bond donors (Lipinski definition) is 0. The van der Waals surface area contributed by atoms with Gasteiger partial charge in [0.1, 0.15) is 12.1 Å². The number of hydroxylamine groups is 2. The van der Waals surface area contributed by atoms with E-state index < -0.39 is 0 Å². The Morgan fingerprint density at radius 3 is 1.67 bits per heavy atom. The number of unbranched alkanes of at least 4 members (excludes halogenated alkanes) is 2. The molecule has 0 bridgehead atoms. The molecule has 0 aromatic rings. The molecule has 0 rings (SSSR count). The summed E-state index contributed by atoms with van der Waals surface area (Å²) in [5, 5.41) is 20.1. The summed E-state index contributed by atoms with van der Waals surface area (Å²) < 4.78 is 0. The van der Waals surface area contributed by atoms with Crippen LogP contribution in [-0.2, 0) is 4.84 Å². The third-order valence-electron chi connectivity index (χ3n) is 2.85.